The number of rotatable bonds is 3. The van der Waals surface area contributed by atoms with Gasteiger partial charge in [-0.25, -0.2) is 0 Å². The summed E-state index contributed by atoms with van der Waals surface area (Å²) < 4.78 is 20.0. The average molecular weight is 134 g/mol. The zero-order valence-corrected chi connectivity index (χ0v) is 4.68. The second-order valence-electron chi connectivity index (χ2n) is 1.35. The van der Waals surface area contributed by atoms with Gasteiger partial charge >= 0.3 is 5.97 Å². The van der Waals surface area contributed by atoms with Crippen molar-refractivity contribution in [3.8, 4) is 0 Å². The van der Waals surface area contributed by atoms with Gasteiger partial charge in [-0.3, -0.25) is 9.59 Å². The largest absolute Gasteiger partial charge is 0.480 e. The Bertz CT molecular complexity index is 189. The van der Waals surface area contributed by atoms with Crippen molar-refractivity contribution < 1.29 is 18.8 Å². The van der Waals surface area contributed by atoms with E-state index in [0.29, 0.717) is 0 Å². The SMILES string of the molecule is [2H]C([2H])([2H])CC(=O)NCC(=O)O. The summed E-state index contributed by atoms with van der Waals surface area (Å²) in [5, 5.41) is 10.0. The molecule has 0 aromatic rings. The fraction of sp³-hybridized carbons (Fsp3) is 0.600. The molecular weight excluding hydrogens is 122 g/mol. The quantitative estimate of drug-likeness (QED) is 0.551. The lowest BCUT2D eigenvalue weighted by atomic mass is 10.4. The van der Waals surface area contributed by atoms with Crippen LogP contribution in [0.3, 0.4) is 0 Å². The van der Waals surface area contributed by atoms with Crippen LogP contribution in [0, 0.1) is 0 Å². The van der Waals surface area contributed by atoms with Crippen LogP contribution in [0.25, 0.3) is 0 Å². The molecule has 4 heteroatoms. The molecule has 1 amide bonds. The van der Waals surface area contributed by atoms with E-state index in [1.807, 2.05) is 5.32 Å². The maximum Gasteiger partial charge on any atom is 0.322 e. The average Bonchev–Trinajstić information content (AvgIpc) is 1.79. The van der Waals surface area contributed by atoms with Crippen LogP contribution in [-0.4, -0.2) is 23.5 Å². The zero-order valence-electron chi connectivity index (χ0n) is 7.68. The van der Waals surface area contributed by atoms with Gasteiger partial charge in [0.15, 0.2) is 0 Å². The van der Waals surface area contributed by atoms with E-state index in [2.05, 4.69) is 0 Å². The first-order chi connectivity index (χ1) is 5.31. The molecule has 0 aliphatic carbocycles. The monoisotopic (exact) mass is 134 g/mol. The van der Waals surface area contributed by atoms with Gasteiger partial charge in [0.2, 0.25) is 5.91 Å². The molecular formula is C5H9NO3. The van der Waals surface area contributed by atoms with Gasteiger partial charge in [-0.05, 0) is 0 Å². The van der Waals surface area contributed by atoms with Crippen LogP contribution < -0.4 is 5.32 Å². The molecule has 0 aromatic carbocycles. The molecule has 0 atom stereocenters. The van der Waals surface area contributed by atoms with Crippen molar-refractivity contribution in [1.29, 1.82) is 0 Å². The van der Waals surface area contributed by atoms with E-state index < -0.39 is 31.7 Å². The summed E-state index contributed by atoms with van der Waals surface area (Å²) in [7, 11) is 0. The summed E-state index contributed by atoms with van der Waals surface area (Å²) >= 11 is 0. The van der Waals surface area contributed by atoms with Gasteiger partial charge < -0.3 is 10.4 Å². The van der Waals surface area contributed by atoms with Crippen LogP contribution in [-0.2, 0) is 9.59 Å². The first-order valence-electron chi connectivity index (χ1n) is 3.80. The van der Waals surface area contributed by atoms with Crippen molar-refractivity contribution in [1.82, 2.24) is 5.32 Å². The zero-order chi connectivity index (χ0) is 9.78. The van der Waals surface area contributed by atoms with E-state index >= 15 is 0 Å². The van der Waals surface area contributed by atoms with Gasteiger partial charge in [0.05, 0.1) is 0 Å². The highest BCUT2D eigenvalue weighted by Crippen LogP contribution is 1.72. The van der Waals surface area contributed by atoms with Crippen molar-refractivity contribution in [3.05, 3.63) is 0 Å². The molecule has 0 saturated carbocycles. The third-order valence-corrected chi connectivity index (χ3v) is 0.597. The predicted molar refractivity (Wildman–Crippen MR) is 30.9 cm³/mol. The molecule has 0 aliphatic heterocycles. The number of hydrogen-bond donors (Lipinski definition) is 2. The number of hydrogen-bond acceptors (Lipinski definition) is 2. The van der Waals surface area contributed by atoms with E-state index in [0.717, 1.165) is 0 Å². The highest BCUT2D eigenvalue weighted by Gasteiger charge is 1.98. The molecule has 0 fully saturated rings. The molecule has 0 aliphatic rings. The Morgan fingerprint density at radius 3 is 2.89 bits per heavy atom. The van der Waals surface area contributed by atoms with Gasteiger partial charge in [0.1, 0.15) is 6.54 Å². The number of amides is 1. The summed E-state index contributed by atoms with van der Waals surface area (Å²) in [4.78, 5) is 20.5. The number of carbonyl (C=O) groups excluding carboxylic acids is 1. The van der Waals surface area contributed by atoms with E-state index in [1.165, 1.54) is 0 Å². The highest BCUT2D eigenvalue weighted by atomic mass is 16.4. The summed E-state index contributed by atoms with van der Waals surface area (Å²) in [6, 6.07) is 0. The first-order valence-corrected chi connectivity index (χ1v) is 2.30. The molecule has 0 aromatic heterocycles. The molecule has 0 heterocycles. The van der Waals surface area contributed by atoms with E-state index in [9.17, 15) is 9.59 Å². The number of nitrogens with one attached hydrogen (secondary N) is 1. The second kappa shape index (κ2) is 3.88. The molecule has 2 N–H and O–H groups in total. The van der Waals surface area contributed by atoms with E-state index in [-0.39, 0.29) is 0 Å². The minimum Gasteiger partial charge on any atom is -0.480 e. The van der Waals surface area contributed by atoms with Crippen LogP contribution in [0.2, 0.25) is 0 Å². The molecule has 0 radical (unpaired) electrons. The van der Waals surface area contributed by atoms with Crippen LogP contribution in [0.4, 0.5) is 0 Å². The fourth-order valence-corrected chi connectivity index (χ4v) is 0.237. The molecule has 4 nitrogen and oxygen atoms in total. The van der Waals surface area contributed by atoms with Crippen molar-refractivity contribution in [3.63, 3.8) is 0 Å². The number of carboxylic acids is 1. The maximum atomic E-state index is 10.6. The third-order valence-electron chi connectivity index (χ3n) is 0.597. The van der Waals surface area contributed by atoms with Crippen molar-refractivity contribution in [2.75, 3.05) is 6.54 Å². The maximum absolute atomic E-state index is 10.6. The number of carboxylic acid groups (broad SMARTS) is 1. The Morgan fingerprint density at radius 1 is 1.78 bits per heavy atom. The molecule has 52 valence electrons. The summed E-state index contributed by atoms with van der Waals surface area (Å²) in [5.74, 6) is -1.98. The van der Waals surface area contributed by atoms with Crippen molar-refractivity contribution in [2.24, 2.45) is 0 Å². The molecule has 0 unspecified atom stereocenters. The lowest BCUT2D eigenvalue weighted by Gasteiger charge is -1.95. The number of aliphatic carboxylic acids is 1. The van der Waals surface area contributed by atoms with E-state index in [4.69, 9.17) is 9.22 Å². The molecule has 0 bridgehead atoms. The normalized spacial score (nSPS) is 14.9. The van der Waals surface area contributed by atoms with Crippen LogP contribution >= 0.6 is 0 Å². The van der Waals surface area contributed by atoms with E-state index in [1.54, 1.807) is 0 Å². The molecule has 0 saturated heterocycles. The Hall–Kier alpha value is -1.06. The fourth-order valence-electron chi connectivity index (χ4n) is 0.237. The van der Waals surface area contributed by atoms with Gasteiger partial charge in [-0.2, -0.15) is 0 Å². The lowest BCUT2D eigenvalue weighted by Crippen LogP contribution is -2.28. The summed E-state index contributed by atoms with van der Waals surface area (Å²) in [6.07, 6.45) is -0.653. The van der Waals surface area contributed by atoms with Crippen molar-refractivity contribution >= 4 is 11.9 Å². The van der Waals surface area contributed by atoms with Gasteiger partial charge in [-0.15, -0.1) is 0 Å². The third kappa shape index (κ3) is 4.80. The van der Waals surface area contributed by atoms with Crippen LogP contribution in [0.15, 0.2) is 0 Å². The minimum absolute atomic E-state index is 0.547. The Morgan fingerprint density at radius 2 is 2.44 bits per heavy atom. The highest BCUT2D eigenvalue weighted by molar-refractivity contribution is 5.80. The lowest BCUT2D eigenvalue weighted by molar-refractivity contribution is -0.137. The second-order valence-corrected chi connectivity index (χ2v) is 1.35. The number of carbonyl (C=O) groups is 2. The Kier molecular flexibility index (Phi) is 1.67. The topological polar surface area (TPSA) is 66.4 Å². The standard InChI is InChI=1S/C5H9NO3/c1-2-4(7)6-3-5(8)9/h2-3H2,1H3,(H,6,7)(H,8,9)/i1D3. The Balaban J connectivity index is 3.68. The van der Waals surface area contributed by atoms with Crippen molar-refractivity contribution in [2.45, 2.75) is 13.3 Å². The van der Waals surface area contributed by atoms with Crippen LogP contribution in [0.5, 0.6) is 0 Å². The van der Waals surface area contributed by atoms with Gasteiger partial charge in [0.25, 0.3) is 0 Å². The van der Waals surface area contributed by atoms with Gasteiger partial charge in [-0.1, -0.05) is 6.85 Å². The summed E-state index contributed by atoms with van der Waals surface area (Å²) in [5.41, 5.74) is 0. The summed E-state index contributed by atoms with van der Waals surface area (Å²) in [6.45, 7) is -2.89. The molecule has 9 heavy (non-hydrogen) atoms. The Labute approximate surface area is 57.1 Å². The van der Waals surface area contributed by atoms with Crippen LogP contribution in [0.1, 0.15) is 17.4 Å². The van der Waals surface area contributed by atoms with Gasteiger partial charge in [0, 0.05) is 10.5 Å². The predicted octanol–water partition coefficient (Wildman–Crippen LogP) is -0.403. The molecule has 0 rings (SSSR count). The minimum atomic E-state index is -2.34. The molecule has 0 spiro atoms. The first kappa shape index (κ1) is 3.87. The smallest absolute Gasteiger partial charge is 0.322 e.